The van der Waals surface area contributed by atoms with Gasteiger partial charge in [0.05, 0.1) is 10.7 Å². The van der Waals surface area contributed by atoms with Crippen molar-refractivity contribution in [3.05, 3.63) is 90.5 Å². The summed E-state index contributed by atoms with van der Waals surface area (Å²) in [5.41, 5.74) is 3.92. The number of benzene rings is 3. The smallest absolute Gasteiger partial charge is 0.0836 e. The molecule has 0 N–H and O–H groups in total. The van der Waals surface area contributed by atoms with E-state index in [1.54, 1.807) is 0 Å². The van der Waals surface area contributed by atoms with Crippen LogP contribution >= 0.6 is 11.8 Å². The Kier molecular flexibility index (Phi) is 4.62. The van der Waals surface area contributed by atoms with E-state index < -0.39 is 0 Å². The van der Waals surface area contributed by atoms with Crippen LogP contribution in [0.2, 0.25) is 0 Å². The lowest BCUT2D eigenvalue weighted by Crippen LogP contribution is -2.03. The molecule has 0 bridgehead atoms. The highest BCUT2D eigenvalue weighted by molar-refractivity contribution is 7.99. The molecule has 0 radical (unpaired) electrons. The number of nitrogens with zero attached hydrogens (tertiary/aromatic N) is 1. The summed E-state index contributed by atoms with van der Waals surface area (Å²) in [6, 6.07) is 30.3. The van der Waals surface area contributed by atoms with E-state index in [0.29, 0.717) is 0 Å². The second kappa shape index (κ2) is 7.20. The maximum atomic E-state index is 2.49. The third-order valence-corrected chi connectivity index (χ3v) is 5.44. The second-order valence-corrected chi connectivity index (χ2v) is 7.32. The lowest BCUT2D eigenvalue weighted by atomic mass is 10.1. The number of thioether (sulfide) groups is 1. The lowest BCUT2D eigenvalue weighted by Gasteiger charge is -2.14. The van der Waals surface area contributed by atoms with Crippen LogP contribution in [0.15, 0.2) is 90.0 Å². The highest BCUT2D eigenvalue weighted by Gasteiger charge is 2.18. The molecule has 1 nitrogen and oxygen atoms in total. The summed E-state index contributed by atoms with van der Waals surface area (Å²) >= 11 is 1.93. The Bertz CT molecular complexity index is 971. The van der Waals surface area contributed by atoms with Crippen LogP contribution < -0.4 is 0 Å². The molecule has 0 spiro atoms. The molecule has 0 atom stereocenters. The minimum absolute atomic E-state index is 0.891. The SMILES string of the molecule is CCSc1c2ccccc2c(-c2ccccc2)n1Cc1ccccc1. The second-order valence-electron chi connectivity index (χ2n) is 6.07. The Labute approximate surface area is 153 Å². The first-order chi connectivity index (χ1) is 12.4. The molecule has 4 rings (SSSR count). The van der Waals surface area contributed by atoms with Gasteiger partial charge in [0.1, 0.15) is 0 Å². The third kappa shape index (κ3) is 3.10. The van der Waals surface area contributed by atoms with Gasteiger partial charge in [-0.3, -0.25) is 0 Å². The zero-order valence-corrected chi connectivity index (χ0v) is 15.2. The van der Waals surface area contributed by atoms with Crippen molar-refractivity contribution in [1.29, 1.82) is 0 Å². The molecular formula is C23H21NS. The predicted octanol–water partition coefficient (Wildman–Crippen LogP) is 6.47. The highest BCUT2D eigenvalue weighted by atomic mass is 32.2. The fraction of sp³-hybridized carbons (Fsp3) is 0.130. The Morgan fingerprint density at radius 1 is 0.720 bits per heavy atom. The quantitative estimate of drug-likeness (QED) is 0.376. The van der Waals surface area contributed by atoms with E-state index in [0.717, 1.165) is 12.3 Å². The molecule has 0 aliphatic heterocycles. The van der Waals surface area contributed by atoms with Gasteiger partial charge in [-0.25, -0.2) is 0 Å². The van der Waals surface area contributed by atoms with E-state index in [1.165, 1.54) is 32.6 Å². The van der Waals surface area contributed by atoms with Gasteiger partial charge in [-0.1, -0.05) is 91.9 Å². The molecular weight excluding hydrogens is 322 g/mol. The molecule has 0 aliphatic rings. The summed E-state index contributed by atoms with van der Waals surface area (Å²) in [7, 11) is 0. The Balaban J connectivity index is 1.98. The molecule has 0 saturated heterocycles. The van der Waals surface area contributed by atoms with Crippen molar-refractivity contribution in [2.75, 3.05) is 5.75 Å². The van der Waals surface area contributed by atoms with Crippen LogP contribution in [0, 0.1) is 0 Å². The molecule has 25 heavy (non-hydrogen) atoms. The molecule has 0 fully saturated rings. The van der Waals surface area contributed by atoms with E-state index in [2.05, 4.69) is 96.4 Å². The van der Waals surface area contributed by atoms with Gasteiger partial charge < -0.3 is 4.57 Å². The van der Waals surface area contributed by atoms with Gasteiger partial charge in [-0.2, -0.15) is 0 Å². The summed E-state index contributed by atoms with van der Waals surface area (Å²) in [5, 5.41) is 4.05. The van der Waals surface area contributed by atoms with Gasteiger partial charge in [0.25, 0.3) is 0 Å². The largest absolute Gasteiger partial charge is 0.330 e. The van der Waals surface area contributed by atoms with Crippen LogP contribution in [0.1, 0.15) is 12.5 Å². The van der Waals surface area contributed by atoms with E-state index in [1.807, 2.05) is 11.8 Å². The van der Waals surface area contributed by atoms with Crippen LogP contribution in [-0.4, -0.2) is 10.3 Å². The number of hydrogen-bond acceptors (Lipinski definition) is 1. The van der Waals surface area contributed by atoms with Crippen molar-refractivity contribution >= 4 is 22.5 Å². The monoisotopic (exact) mass is 343 g/mol. The zero-order valence-electron chi connectivity index (χ0n) is 14.4. The number of aromatic nitrogens is 1. The molecule has 3 aromatic carbocycles. The maximum absolute atomic E-state index is 2.49. The van der Waals surface area contributed by atoms with Crippen LogP contribution in [-0.2, 0) is 6.54 Å². The van der Waals surface area contributed by atoms with Gasteiger partial charge in [0.15, 0.2) is 0 Å². The van der Waals surface area contributed by atoms with Crippen LogP contribution in [0.25, 0.3) is 22.0 Å². The lowest BCUT2D eigenvalue weighted by molar-refractivity contribution is 0.748. The molecule has 1 aromatic heterocycles. The number of fused-ring (bicyclic) bond motifs is 1. The van der Waals surface area contributed by atoms with Crippen molar-refractivity contribution in [2.24, 2.45) is 0 Å². The fourth-order valence-electron chi connectivity index (χ4n) is 3.39. The number of rotatable bonds is 5. The highest BCUT2D eigenvalue weighted by Crippen LogP contribution is 2.39. The molecule has 0 unspecified atom stereocenters. The first-order valence-corrected chi connectivity index (χ1v) is 9.70. The molecule has 4 aromatic rings. The first kappa shape index (κ1) is 16.0. The minimum atomic E-state index is 0.891. The normalized spacial score (nSPS) is 11.1. The molecule has 124 valence electrons. The minimum Gasteiger partial charge on any atom is -0.330 e. The maximum Gasteiger partial charge on any atom is 0.0836 e. The topological polar surface area (TPSA) is 4.93 Å². The fourth-order valence-corrected chi connectivity index (χ4v) is 4.30. The van der Waals surface area contributed by atoms with Crippen molar-refractivity contribution < 1.29 is 0 Å². The van der Waals surface area contributed by atoms with E-state index in [4.69, 9.17) is 0 Å². The van der Waals surface area contributed by atoms with Crippen LogP contribution in [0.4, 0.5) is 0 Å². The van der Waals surface area contributed by atoms with Crippen LogP contribution in [0.3, 0.4) is 0 Å². The third-order valence-electron chi connectivity index (χ3n) is 4.44. The molecule has 2 heteroatoms. The van der Waals surface area contributed by atoms with Crippen LogP contribution in [0.5, 0.6) is 0 Å². The van der Waals surface area contributed by atoms with Crippen molar-refractivity contribution in [1.82, 2.24) is 4.57 Å². The summed E-state index contributed by atoms with van der Waals surface area (Å²) in [6.45, 7) is 3.11. The van der Waals surface area contributed by atoms with Gasteiger partial charge in [0.2, 0.25) is 0 Å². The van der Waals surface area contributed by atoms with E-state index >= 15 is 0 Å². The average Bonchev–Trinajstić information content (AvgIpc) is 2.97. The Morgan fingerprint density at radius 2 is 1.32 bits per heavy atom. The van der Waals surface area contributed by atoms with Gasteiger partial charge in [-0.05, 0) is 16.9 Å². The zero-order chi connectivity index (χ0) is 17.1. The number of hydrogen-bond donors (Lipinski definition) is 0. The molecule has 0 amide bonds. The molecule has 0 saturated carbocycles. The van der Waals surface area contributed by atoms with Gasteiger partial charge >= 0.3 is 0 Å². The predicted molar refractivity (Wildman–Crippen MR) is 109 cm³/mol. The first-order valence-electron chi connectivity index (χ1n) is 8.72. The van der Waals surface area contributed by atoms with E-state index in [9.17, 15) is 0 Å². The summed E-state index contributed by atoms with van der Waals surface area (Å²) in [4.78, 5) is 0. The van der Waals surface area contributed by atoms with Crippen molar-refractivity contribution in [2.45, 2.75) is 18.5 Å². The summed E-state index contributed by atoms with van der Waals surface area (Å²) < 4.78 is 2.49. The van der Waals surface area contributed by atoms with Gasteiger partial charge in [-0.15, -0.1) is 11.8 Å². The van der Waals surface area contributed by atoms with E-state index in [-0.39, 0.29) is 0 Å². The van der Waals surface area contributed by atoms with Gasteiger partial charge in [0, 0.05) is 17.3 Å². The Morgan fingerprint density at radius 3 is 2.00 bits per heavy atom. The molecule has 0 aliphatic carbocycles. The van der Waals surface area contributed by atoms with Crippen molar-refractivity contribution in [3.8, 4) is 11.3 Å². The summed E-state index contributed by atoms with van der Waals surface area (Å²) in [5.74, 6) is 1.07. The summed E-state index contributed by atoms with van der Waals surface area (Å²) in [6.07, 6.45) is 0. The average molecular weight is 343 g/mol. The standard InChI is InChI=1S/C23H21NS/c1-2-25-23-21-16-10-9-15-20(21)22(19-13-7-4-8-14-19)24(23)17-18-11-5-3-6-12-18/h3-16H,2,17H2,1H3. The Hall–Kier alpha value is -2.45. The molecule has 1 heterocycles. The van der Waals surface area contributed by atoms with Crippen molar-refractivity contribution in [3.63, 3.8) is 0 Å².